The largest absolute Gasteiger partial charge is 0.493 e. The molecule has 0 bridgehead atoms. The van der Waals surface area contributed by atoms with Crippen molar-refractivity contribution in [3.8, 4) is 23.0 Å². The van der Waals surface area contributed by atoms with Gasteiger partial charge < -0.3 is 29.6 Å². The number of carbonyl (C=O) groups is 1. The van der Waals surface area contributed by atoms with Gasteiger partial charge >= 0.3 is 6.18 Å². The van der Waals surface area contributed by atoms with Gasteiger partial charge in [0.2, 0.25) is 6.79 Å². The number of ether oxygens (including phenoxy) is 4. The van der Waals surface area contributed by atoms with E-state index in [1.807, 2.05) is 0 Å². The molecule has 0 saturated carbocycles. The number of rotatable bonds is 6. The van der Waals surface area contributed by atoms with E-state index >= 15 is 0 Å². The summed E-state index contributed by atoms with van der Waals surface area (Å²) < 4.78 is 63.9. The van der Waals surface area contributed by atoms with Crippen LogP contribution in [-0.4, -0.2) is 42.9 Å². The first-order valence-corrected chi connectivity index (χ1v) is 11.1. The van der Waals surface area contributed by atoms with E-state index in [2.05, 4.69) is 15.7 Å². The molecule has 3 aromatic rings. The van der Waals surface area contributed by atoms with Crippen molar-refractivity contribution in [3.63, 3.8) is 0 Å². The summed E-state index contributed by atoms with van der Waals surface area (Å²) in [7, 11) is 2.94. The van der Waals surface area contributed by atoms with Crippen LogP contribution in [0.1, 0.15) is 40.1 Å². The van der Waals surface area contributed by atoms with E-state index in [4.69, 9.17) is 18.9 Å². The molecule has 2 aromatic carbocycles. The second kappa shape index (κ2) is 9.17. The maximum atomic E-state index is 14.0. The van der Waals surface area contributed by atoms with Gasteiger partial charge in [-0.15, -0.1) is 0 Å². The highest BCUT2D eigenvalue weighted by atomic mass is 19.4. The third-order valence-electron chi connectivity index (χ3n) is 6.12. The number of hydrogen-bond acceptors (Lipinski definition) is 7. The lowest BCUT2D eigenvalue weighted by Gasteiger charge is -2.33. The molecule has 2 aliphatic heterocycles. The van der Waals surface area contributed by atoms with Crippen molar-refractivity contribution in [3.05, 3.63) is 59.3 Å². The van der Waals surface area contributed by atoms with Crippen LogP contribution in [0.5, 0.6) is 23.0 Å². The first-order valence-electron chi connectivity index (χ1n) is 11.1. The van der Waals surface area contributed by atoms with Crippen molar-refractivity contribution in [1.29, 1.82) is 0 Å². The highest BCUT2D eigenvalue weighted by Gasteiger charge is 2.47. The van der Waals surface area contributed by atoms with Gasteiger partial charge in [0.1, 0.15) is 5.82 Å². The number of alkyl halides is 3. The molecule has 2 aliphatic rings. The molecule has 1 amide bonds. The van der Waals surface area contributed by atoms with Gasteiger partial charge in [0.05, 0.1) is 20.3 Å². The summed E-state index contributed by atoms with van der Waals surface area (Å²) in [5, 5.41) is 9.75. The zero-order valence-corrected chi connectivity index (χ0v) is 19.4. The predicted molar refractivity (Wildman–Crippen MR) is 122 cm³/mol. The summed E-state index contributed by atoms with van der Waals surface area (Å²) in [5.74, 6) is 1.55. The molecule has 0 radical (unpaired) electrons. The minimum atomic E-state index is -4.57. The molecule has 0 fully saturated rings. The van der Waals surface area contributed by atoms with Gasteiger partial charge in [0, 0.05) is 19.0 Å². The summed E-state index contributed by atoms with van der Waals surface area (Å²) in [6.07, 6.45) is -4.89. The minimum absolute atomic E-state index is 0.0941. The minimum Gasteiger partial charge on any atom is -0.493 e. The van der Waals surface area contributed by atoms with E-state index in [0.717, 1.165) is 10.2 Å². The first kappa shape index (κ1) is 23.6. The lowest BCUT2D eigenvalue weighted by Crippen LogP contribution is -2.35. The molecule has 2 N–H and O–H groups in total. The molecule has 0 spiro atoms. The highest BCUT2D eigenvalue weighted by Crippen LogP contribution is 2.44. The molecule has 5 rings (SSSR count). The molecule has 2 atom stereocenters. The Labute approximate surface area is 204 Å². The van der Waals surface area contributed by atoms with Gasteiger partial charge in [-0.2, -0.15) is 18.3 Å². The van der Waals surface area contributed by atoms with Crippen LogP contribution in [0.25, 0.3) is 0 Å². The zero-order chi connectivity index (χ0) is 25.4. The third-order valence-corrected chi connectivity index (χ3v) is 6.12. The van der Waals surface area contributed by atoms with Crippen LogP contribution in [0.3, 0.4) is 0 Å². The Balaban J connectivity index is 1.37. The fraction of sp³-hybridized carbons (Fsp3) is 0.333. The molecule has 36 heavy (non-hydrogen) atoms. The summed E-state index contributed by atoms with van der Waals surface area (Å²) in [6.45, 7) is 0.269. The van der Waals surface area contributed by atoms with Crippen LogP contribution in [-0.2, 0) is 6.54 Å². The van der Waals surface area contributed by atoms with Crippen LogP contribution < -0.4 is 29.6 Å². The molecule has 3 heterocycles. The monoisotopic (exact) mass is 504 g/mol. The summed E-state index contributed by atoms with van der Waals surface area (Å²) in [6, 6.07) is 8.89. The highest BCUT2D eigenvalue weighted by molar-refractivity contribution is 5.93. The number of anilines is 1. The number of amides is 1. The van der Waals surface area contributed by atoms with Gasteiger partial charge in [-0.05, 0) is 35.4 Å². The molecule has 190 valence electrons. The van der Waals surface area contributed by atoms with E-state index in [1.54, 1.807) is 36.4 Å². The van der Waals surface area contributed by atoms with Crippen molar-refractivity contribution < 1.29 is 36.9 Å². The predicted octanol–water partition coefficient (Wildman–Crippen LogP) is 4.22. The Hall–Kier alpha value is -4.09. The van der Waals surface area contributed by atoms with Crippen LogP contribution in [0.15, 0.2) is 42.5 Å². The fourth-order valence-electron chi connectivity index (χ4n) is 4.30. The number of halogens is 3. The van der Waals surface area contributed by atoms with Crippen LogP contribution >= 0.6 is 0 Å². The van der Waals surface area contributed by atoms with Crippen molar-refractivity contribution in [2.24, 2.45) is 0 Å². The molecular formula is C24H23F3N4O5. The molecule has 0 unspecified atom stereocenters. The average Bonchev–Trinajstić information content (AvgIpc) is 3.52. The second-order valence-electron chi connectivity index (χ2n) is 8.33. The maximum Gasteiger partial charge on any atom is 0.410 e. The van der Waals surface area contributed by atoms with Gasteiger partial charge in [0.25, 0.3) is 5.91 Å². The quantitative estimate of drug-likeness (QED) is 0.519. The molecule has 0 saturated heterocycles. The lowest BCUT2D eigenvalue weighted by atomic mass is 9.96. The van der Waals surface area contributed by atoms with Crippen molar-refractivity contribution in [2.45, 2.75) is 31.2 Å². The van der Waals surface area contributed by atoms with E-state index in [1.165, 1.54) is 20.3 Å². The van der Waals surface area contributed by atoms with Gasteiger partial charge in [-0.25, -0.2) is 4.68 Å². The van der Waals surface area contributed by atoms with E-state index in [0.29, 0.717) is 28.6 Å². The number of carbonyl (C=O) groups excluding carboxylic acids is 1. The van der Waals surface area contributed by atoms with Crippen LogP contribution in [0.4, 0.5) is 19.0 Å². The Kier molecular flexibility index (Phi) is 6.02. The first-order chi connectivity index (χ1) is 17.3. The molecular weight excluding hydrogens is 481 g/mol. The Morgan fingerprint density at radius 1 is 1.11 bits per heavy atom. The zero-order valence-electron chi connectivity index (χ0n) is 19.4. The number of benzene rings is 2. The SMILES string of the molecule is COc1ccc([C@H]2C[C@@H](C(F)(F)F)n3nc(C(=O)NCc4ccc5c(c4)OCO5)cc3N2)cc1OC. The Morgan fingerprint density at radius 3 is 2.64 bits per heavy atom. The second-order valence-corrected chi connectivity index (χ2v) is 8.33. The normalized spacial score (nSPS) is 18.2. The van der Waals surface area contributed by atoms with Gasteiger partial charge in [0.15, 0.2) is 34.7 Å². The number of nitrogens with zero attached hydrogens (tertiary/aromatic N) is 2. The van der Waals surface area contributed by atoms with E-state index in [9.17, 15) is 18.0 Å². The number of hydrogen-bond donors (Lipinski definition) is 2. The molecule has 12 heteroatoms. The van der Waals surface area contributed by atoms with Crippen LogP contribution in [0.2, 0.25) is 0 Å². The van der Waals surface area contributed by atoms with E-state index < -0.39 is 24.2 Å². The fourth-order valence-corrected chi connectivity index (χ4v) is 4.30. The van der Waals surface area contributed by atoms with E-state index in [-0.39, 0.29) is 31.3 Å². The number of methoxy groups -OCH3 is 2. The van der Waals surface area contributed by atoms with Crippen LogP contribution in [0, 0.1) is 0 Å². The molecule has 1 aromatic heterocycles. The summed E-state index contributed by atoms with van der Waals surface area (Å²) in [5.41, 5.74) is 1.21. The summed E-state index contributed by atoms with van der Waals surface area (Å²) in [4.78, 5) is 12.7. The number of nitrogens with one attached hydrogen (secondary N) is 2. The summed E-state index contributed by atoms with van der Waals surface area (Å²) >= 11 is 0. The molecule has 0 aliphatic carbocycles. The maximum absolute atomic E-state index is 14.0. The lowest BCUT2D eigenvalue weighted by molar-refractivity contribution is -0.173. The van der Waals surface area contributed by atoms with Crippen molar-refractivity contribution in [2.75, 3.05) is 26.3 Å². The smallest absolute Gasteiger partial charge is 0.410 e. The van der Waals surface area contributed by atoms with Gasteiger partial charge in [-0.3, -0.25) is 4.79 Å². The number of fused-ring (bicyclic) bond motifs is 2. The van der Waals surface area contributed by atoms with Crippen molar-refractivity contribution in [1.82, 2.24) is 15.1 Å². The Bertz CT molecular complexity index is 1290. The number of aromatic nitrogens is 2. The molecule has 9 nitrogen and oxygen atoms in total. The average molecular weight is 504 g/mol. The third kappa shape index (κ3) is 4.45. The standard InChI is InChI=1S/C24H23F3N4O5/c1-33-17-6-4-14(8-19(17)34-2)15-9-21(24(25,26)27)31-22(29-15)10-16(30-31)23(32)28-11-13-3-5-18-20(7-13)36-12-35-18/h3-8,10,15,21,29H,9,11-12H2,1-2H3,(H,28,32)/t15-,21+/m1/s1. The van der Waals surface area contributed by atoms with Crippen molar-refractivity contribution >= 4 is 11.7 Å². The van der Waals surface area contributed by atoms with Gasteiger partial charge in [-0.1, -0.05) is 12.1 Å². The Morgan fingerprint density at radius 2 is 1.89 bits per heavy atom. The topological polar surface area (TPSA) is 95.9 Å².